The molecule has 1 amide bonds. The van der Waals surface area contributed by atoms with Gasteiger partial charge in [-0.15, -0.1) is 0 Å². The van der Waals surface area contributed by atoms with Gasteiger partial charge in [0.1, 0.15) is 6.04 Å². The fourth-order valence-electron chi connectivity index (χ4n) is 3.02. The van der Waals surface area contributed by atoms with E-state index in [9.17, 15) is 10.1 Å². The van der Waals surface area contributed by atoms with Gasteiger partial charge >= 0.3 is 0 Å². The summed E-state index contributed by atoms with van der Waals surface area (Å²) in [7, 11) is 0. The number of nitriles is 1. The summed E-state index contributed by atoms with van der Waals surface area (Å²) >= 11 is 0. The van der Waals surface area contributed by atoms with Crippen molar-refractivity contribution in [2.45, 2.75) is 32.9 Å². The molecule has 0 bridgehead atoms. The third-order valence-electron chi connectivity index (χ3n) is 4.59. The predicted octanol–water partition coefficient (Wildman–Crippen LogP) is 1.42. The number of hydrogen-bond donors (Lipinski definition) is 1. The molecule has 2 heterocycles. The molecule has 2 rings (SSSR count). The quantitative estimate of drug-likeness (QED) is 0.855. The molecule has 1 aromatic rings. The molecule has 1 aliphatic heterocycles. The maximum Gasteiger partial charge on any atom is 0.236 e. The number of rotatable bonds is 6. The maximum absolute atomic E-state index is 12.4. The van der Waals surface area contributed by atoms with Crippen molar-refractivity contribution in [2.24, 2.45) is 5.92 Å². The third kappa shape index (κ3) is 4.76. The molecule has 1 aromatic heterocycles. The van der Waals surface area contributed by atoms with Crippen LogP contribution in [0.15, 0.2) is 24.5 Å². The van der Waals surface area contributed by atoms with Gasteiger partial charge in [0, 0.05) is 44.6 Å². The topological polar surface area (TPSA) is 72.3 Å². The molecule has 1 fully saturated rings. The van der Waals surface area contributed by atoms with Crippen LogP contribution < -0.4 is 5.32 Å². The summed E-state index contributed by atoms with van der Waals surface area (Å²) < 4.78 is 0. The molecule has 130 valence electrons. The van der Waals surface area contributed by atoms with Gasteiger partial charge in [-0.1, -0.05) is 13.8 Å². The van der Waals surface area contributed by atoms with Gasteiger partial charge in [0.05, 0.1) is 12.6 Å². The monoisotopic (exact) mass is 329 g/mol. The molecule has 0 unspecified atom stereocenters. The first kappa shape index (κ1) is 18.4. The Morgan fingerprint density at radius 1 is 1.25 bits per heavy atom. The zero-order valence-corrected chi connectivity index (χ0v) is 14.8. The Hall–Kier alpha value is -1.97. The Bertz CT molecular complexity index is 561. The fourth-order valence-corrected chi connectivity index (χ4v) is 3.02. The maximum atomic E-state index is 12.4. The summed E-state index contributed by atoms with van der Waals surface area (Å²) in [6.07, 6.45) is 3.52. The Balaban J connectivity index is 1.78. The molecule has 0 aromatic carbocycles. The van der Waals surface area contributed by atoms with Crippen molar-refractivity contribution in [1.82, 2.24) is 20.1 Å². The van der Waals surface area contributed by atoms with Gasteiger partial charge in [0.2, 0.25) is 5.91 Å². The largest absolute Gasteiger partial charge is 0.339 e. The normalized spacial score (nSPS) is 18.2. The van der Waals surface area contributed by atoms with Crippen LogP contribution in [0, 0.1) is 17.2 Å². The number of amides is 1. The zero-order valence-electron chi connectivity index (χ0n) is 14.8. The van der Waals surface area contributed by atoms with E-state index in [1.54, 1.807) is 12.4 Å². The van der Waals surface area contributed by atoms with Crippen LogP contribution in [0.1, 0.15) is 32.4 Å². The number of nitrogens with zero attached hydrogens (tertiary/aromatic N) is 4. The van der Waals surface area contributed by atoms with Crippen LogP contribution in [0.3, 0.4) is 0 Å². The first-order chi connectivity index (χ1) is 11.5. The molecule has 0 radical (unpaired) electrons. The van der Waals surface area contributed by atoms with Crippen LogP contribution in [0.5, 0.6) is 0 Å². The molecule has 6 heteroatoms. The highest BCUT2D eigenvalue weighted by Gasteiger charge is 2.27. The first-order valence-electron chi connectivity index (χ1n) is 8.57. The number of aromatic nitrogens is 1. The van der Waals surface area contributed by atoms with Crippen molar-refractivity contribution in [3.8, 4) is 6.07 Å². The highest BCUT2D eigenvalue weighted by molar-refractivity contribution is 5.78. The van der Waals surface area contributed by atoms with E-state index in [4.69, 9.17) is 0 Å². The summed E-state index contributed by atoms with van der Waals surface area (Å²) in [6.45, 7) is 9.41. The van der Waals surface area contributed by atoms with Crippen LogP contribution >= 0.6 is 0 Å². The number of hydrogen-bond acceptors (Lipinski definition) is 5. The van der Waals surface area contributed by atoms with Gasteiger partial charge in [0.15, 0.2) is 0 Å². The van der Waals surface area contributed by atoms with Crippen molar-refractivity contribution < 1.29 is 4.79 Å². The summed E-state index contributed by atoms with van der Waals surface area (Å²) in [5.74, 6) is 0.425. The first-order valence-corrected chi connectivity index (χ1v) is 8.57. The molecule has 6 nitrogen and oxygen atoms in total. The second kappa shape index (κ2) is 8.76. The van der Waals surface area contributed by atoms with E-state index in [1.807, 2.05) is 24.0 Å². The van der Waals surface area contributed by atoms with Gasteiger partial charge in [-0.2, -0.15) is 5.26 Å². The Kier molecular flexibility index (Phi) is 6.71. The Morgan fingerprint density at radius 2 is 1.88 bits per heavy atom. The average Bonchev–Trinajstić information content (AvgIpc) is 2.61. The molecule has 2 atom stereocenters. The second-order valence-electron chi connectivity index (χ2n) is 6.62. The van der Waals surface area contributed by atoms with Crippen LogP contribution in [-0.4, -0.2) is 59.5 Å². The highest BCUT2D eigenvalue weighted by Crippen LogP contribution is 2.14. The fraction of sp³-hybridized carbons (Fsp3) is 0.611. The van der Waals surface area contributed by atoms with Crippen LogP contribution in [0.4, 0.5) is 0 Å². The molecule has 0 aliphatic carbocycles. The van der Waals surface area contributed by atoms with Crippen molar-refractivity contribution in [1.29, 1.82) is 5.26 Å². The Labute approximate surface area is 144 Å². The van der Waals surface area contributed by atoms with Gasteiger partial charge < -0.3 is 10.2 Å². The van der Waals surface area contributed by atoms with E-state index in [1.165, 1.54) is 0 Å². The van der Waals surface area contributed by atoms with Crippen LogP contribution in [0.2, 0.25) is 0 Å². The van der Waals surface area contributed by atoms with E-state index in [0.717, 1.165) is 18.7 Å². The number of carbonyl (C=O) groups is 1. The van der Waals surface area contributed by atoms with Crippen molar-refractivity contribution in [3.63, 3.8) is 0 Å². The minimum absolute atomic E-state index is 0.0629. The van der Waals surface area contributed by atoms with Gasteiger partial charge in [-0.3, -0.25) is 14.7 Å². The molecule has 0 saturated carbocycles. The average molecular weight is 329 g/mol. The van der Waals surface area contributed by atoms with Gasteiger partial charge in [0.25, 0.3) is 0 Å². The van der Waals surface area contributed by atoms with Gasteiger partial charge in [-0.05, 0) is 30.5 Å². The number of carbonyl (C=O) groups excluding carboxylic acids is 1. The van der Waals surface area contributed by atoms with Crippen molar-refractivity contribution in [3.05, 3.63) is 30.1 Å². The minimum Gasteiger partial charge on any atom is -0.339 e. The summed E-state index contributed by atoms with van der Waals surface area (Å²) in [6, 6.07) is 6.34. The second-order valence-corrected chi connectivity index (χ2v) is 6.62. The smallest absolute Gasteiger partial charge is 0.236 e. The number of nitrogens with one attached hydrogen (secondary N) is 1. The minimum atomic E-state index is -0.0629. The summed E-state index contributed by atoms with van der Waals surface area (Å²) in [5, 5.41) is 12.6. The van der Waals surface area contributed by atoms with Crippen molar-refractivity contribution in [2.75, 3.05) is 32.7 Å². The number of pyridine rings is 1. The molecule has 1 aliphatic rings. The third-order valence-corrected chi connectivity index (χ3v) is 4.59. The SMILES string of the molecule is CC(C)[C@H](C#N)N1CCN(C(=O)CN[C@@H](C)c2ccncc2)CC1. The highest BCUT2D eigenvalue weighted by atomic mass is 16.2. The lowest BCUT2D eigenvalue weighted by Crippen LogP contribution is -2.54. The number of piperazine rings is 1. The van der Waals surface area contributed by atoms with Crippen LogP contribution in [0.25, 0.3) is 0 Å². The lowest BCUT2D eigenvalue weighted by Gasteiger charge is -2.38. The molecule has 1 N–H and O–H groups in total. The zero-order chi connectivity index (χ0) is 17.5. The predicted molar refractivity (Wildman–Crippen MR) is 93.0 cm³/mol. The van der Waals surface area contributed by atoms with E-state index >= 15 is 0 Å². The van der Waals surface area contributed by atoms with E-state index in [-0.39, 0.29) is 18.0 Å². The molecular weight excluding hydrogens is 302 g/mol. The van der Waals surface area contributed by atoms with E-state index < -0.39 is 0 Å². The van der Waals surface area contributed by atoms with E-state index in [2.05, 4.69) is 35.1 Å². The van der Waals surface area contributed by atoms with Gasteiger partial charge in [-0.25, -0.2) is 0 Å². The van der Waals surface area contributed by atoms with Crippen molar-refractivity contribution >= 4 is 5.91 Å². The van der Waals surface area contributed by atoms with Crippen LogP contribution in [-0.2, 0) is 4.79 Å². The summed E-state index contributed by atoms with van der Waals surface area (Å²) in [5.41, 5.74) is 1.12. The molecular formula is C18H27N5O. The lowest BCUT2D eigenvalue weighted by atomic mass is 10.0. The lowest BCUT2D eigenvalue weighted by molar-refractivity contribution is -0.132. The Morgan fingerprint density at radius 3 is 2.42 bits per heavy atom. The molecule has 1 saturated heterocycles. The molecule has 24 heavy (non-hydrogen) atoms. The molecule has 0 spiro atoms. The summed E-state index contributed by atoms with van der Waals surface area (Å²) in [4.78, 5) is 20.5. The standard InChI is InChI=1S/C18H27N5O/c1-14(2)17(12-19)22-8-10-23(11-9-22)18(24)13-21-15(3)16-4-6-20-7-5-16/h4-7,14-15,17,21H,8-11,13H2,1-3H3/t15-,17-/m0/s1. The van der Waals surface area contributed by atoms with E-state index in [0.29, 0.717) is 25.6 Å².